The molecular formula is C46H30. The van der Waals surface area contributed by atoms with Gasteiger partial charge in [0.15, 0.2) is 0 Å². The zero-order chi connectivity index (χ0) is 30.5. The van der Waals surface area contributed by atoms with E-state index in [4.69, 9.17) is 0 Å². The zero-order valence-corrected chi connectivity index (χ0v) is 25.3. The molecule has 0 aliphatic carbocycles. The van der Waals surface area contributed by atoms with Gasteiger partial charge in [0.1, 0.15) is 0 Å². The molecule has 0 bridgehead atoms. The van der Waals surface area contributed by atoms with Crippen molar-refractivity contribution in [3.8, 4) is 44.5 Å². The first-order chi connectivity index (χ1) is 22.9. The molecule has 0 aliphatic rings. The molecule has 0 spiro atoms. The standard InChI is InChI=1S/C46H30/c1-2-15-33(16-3-1)36-27-14-30-43-44(39-29-13-20-32-18-5-7-22-35(32)39)41-25-10-11-26-42(41)46(45(36)43)40-24-9-8-23-38(40)37-28-12-19-31-17-4-6-21-34(31)37/h1-30H. The summed E-state index contributed by atoms with van der Waals surface area (Å²) in [5, 5.41) is 10.1. The lowest BCUT2D eigenvalue weighted by molar-refractivity contribution is 1.62. The summed E-state index contributed by atoms with van der Waals surface area (Å²) in [6.07, 6.45) is 0. The van der Waals surface area contributed by atoms with Gasteiger partial charge in [-0.2, -0.15) is 0 Å². The van der Waals surface area contributed by atoms with Crippen molar-refractivity contribution in [3.05, 3.63) is 182 Å². The molecule has 9 rings (SSSR count). The molecule has 0 heteroatoms. The van der Waals surface area contributed by atoms with E-state index in [2.05, 4.69) is 182 Å². The van der Waals surface area contributed by atoms with Gasteiger partial charge >= 0.3 is 0 Å². The van der Waals surface area contributed by atoms with E-state index in [9.17, 15) is 0 Å². The Morgan fingerprint density at radius 3 is 1.37 bits per heavy atom. The van der Waals surface area contributed by atoms with Crippen LogP contribution in [-0.4, -0.2) is 0 Å². The maximum Gasteiger partial charge on any atom is -0.00139 e. The Balaban J connectivity index is 1.49. The lowest BCUT2D eigenvalue weighted by Gasteiger charge is -2.22. The molecule has 0 fully saturated rings. The molecule has 0 saturated heterocycles. The van der Waals surface area contributed by atoms with E-state index in [1.807, 2.05) is 0 Å². The third kappa shape index (κ3) is 4.15. The van der Waals surface area contributed by atoms with Gasteiger partial charge in [0, 0.05) is 0 Å². The molecule has 9 aromatic rings. The fourth-order valence-electron chi connectivity index (χ4n) is 7.50. The number of hydrogen-bond donors (Lipinski definition) is 0. The highest BCUT2D eigenvalue weighted by atomic mass is 14.2. The SMILES string of the molecule is c1ccc(-c2cccc3c(-c4cccc5ccccc45)c4ccccc4c(-c4ccccc4-c4cccc5ccccc45)c23)cc1. The molecule has 0 aromatic heterocycles. The molecule has 0 heterocycles. The second-order valence-corrected chi connectivity index (χ2v) is 12.0. The van der Waals surface area contributed by atoms with Crippen LogP contribution in [0.2, 0.25) is 0 Å². The van der Waals surface area contributed by atoms with Crippen molar-refractivity contribution < 1.29 is 0 Å². The first-order valence-electron chi connectivity index (χ1n) is 16.0. The normalized spacial score (nSPS) is 11.5. The van der Waals surface area contributed by atoms with Crippen LogP contribution in [0.25, 0.3) is 87.6 Å². The predicted octanol–water partition coefficient (Wildman–Crippen LogP) is 13.0. The van der Waals surface area contributed by atoms with Gasteiger partial charge in [-0.3, -0.25) is 0 Å². The maximum absolute atomic E-state index is 2.33. The van der Waals surface area contributed by atoms with Crippen LogP contribution in [0, 0.1) is 0 Å². The summed E-state index contributed by atoms with van der Waals surface area (Å²) >= 11 is 0. The topological polar surface area (TPSA) is 0 Å². The Bertz CT molecular complexity index is 2560. The molecule has 0 unspecified atom stereocenters. The van der Waals surface area contributed by atoms with E-state index >= 15 is 0 Å². The van der Waals surface area contributed by atoms with Crippen LogP contribution >= 0.6 is 0 Å². The van der Waals surface area contributed by atoms with Gasteiger partial charge in [-0.05, 0) is 87.6 Å². The Morgan fingerprint density at radius 1 is 0.217 bits per heavy atom. The average molecular weight is 583 g/mol. The van der Waals surface area contributed by atoms with Gasteiger partial charge in [0.05, 0.1) is 0 Å². The first-order valence-corrected chi connectivity index (χ1v) is 16.0. The summed E-state index contributed by atoms with van der Waals surface area (Å²) < 4.78 is 0. The number of benzene rings is 9. The fraction of sp³-hybridized carbons (Fsp3) is 0. The molecule has 214 valence electrons. The van der Waals surface area contributed by atoms with Crippen molar-refractivity contribution in [1.29, 1.82) is 0 Å². The van der Waals surface area contributed by atoms with Crippen LogP contribution < -0.4 is 0 Å². The molecular weight excluding hydrogens is 553 g/mol. The van der Waals surface area contributed by atoms with Gasteiger partial charge in [0.25, 0.3) is 0 Å². The van der Waals surface area contributed by atoms with Gasteiger partial charge < -0.3 is 0 Å². The van der Waals surface area contributed by atoms with E-state index in [0.29, 0.717) is 0 Å². The molecule has 0 N–H and O–H groups in total. The average Bonchev–Trinajstić information content (AvgIpc) is 3.13. The lowest BCUT2D eigenvalue weighted by Crippen LogP contribution is -1.95. The lowest BCUT2D eigenvalue weighted by atomic mass is 9.80. The van der Waals surface area contributed by atoms with Crippen LogP contribution in [0.5, 0.6) is 0 Å². The van der Waals surface area contributed by atoms with Crippen molar-refractivity contribution in [1.82, 2.24) is 0 Å². The molecule has 0 atom stereocenters. The predicted molar refractivity (Wildman–Crippen MR) is 198 cm³/mol. The van der Waals surface area contributed by atoms with E-state index < -0.39 is 0 Å². The van der Waals surface area contributed by atoms with Crippen LogP contribution in [-0.2, 0) is 0 Å². The van der Waals surface area contributed by atoms with Crippen molar-refractivity contribution in [2.45, 2.75) is 0 Å². The number of hydrogen-bond acceptors (Lipinski definition) is 0. The molecule has 0 radical (unpaired) electrons. The summed E-state index contributed by atoms with van der Waals surface area (Å²) in [5.41, 5.74) is 10.0. The van der Waals surface area contributed by atoms with E-state index in [-0.39, 0.29) is 0 Å². The van der Waals surface area contributed by atoms with Gasteiger partial charge in [-0.25, -0.2) is 0 Å². The summed E-state index contributed by atoms with van der Waals surface area (Å²) in [6, 6.07) is 66.5. The highest BCUT2D eigenvalue weighted by molar-refractivity contribution is 6.27. The zero-order valence-electron chi connectivity index (χ0n) is 25.3. The molecule has 9 aromatic carbocycles. The van der Waals surface area contributed by atoms with Crippen LogP contribution in [0.15, 0.2) is 182 Å². The minimum absolute atomic E-state index is 1.22. The van der Waals surface area contributed by atoms with Gasteiger partial charge in [0.2, 0.25) is 0 Å². The summed E-state index contributed by atoms with van der Waals surface area (Å²) in [4.78, 5) is 0. The number of fused-ring (bicyclic) bond motifs is 4. The largest absolute Gasteiger partial charge is 0.0622 e. The Morgan fingerprint density at radius 2 is 0.652 bits per heavy atom. The monoisotopic (exact) mass is 582 g/mol. The highest BCUT2D eigenvalue weighted by Gasteiger charge is 2.22. The minimum Gasteiger partial charge on any atom is -0.0622 e. The quantitative estimate of drug-likeness (QED) is 0.181. The van der Waals surface area contributed by atoms with Crippen molar-refractivity contribution in [3.63, 3.8) is 0 Å². The Hall–Kier alpha value is -5.98. The maximum atomic E-state index is 2.33. The van der Waals surface area contributed by atoms with Crippen LogP contribution in [0.1, 0.15) is 0 Å². The van der Waals surface area contributed by atoms with Crippen molar-refractivity contribution in [2.75, 3.05) is 0 Å². The Labute approximate surface area is 268 Å². The van der Waals surface area contributed by atoms with Crippen LogP contribution in [0.4, 0.5) is 0 Å². The van der Waals surface area contributed by atoms with E-state index in [1.54, 1.807) is 0 Å². The molecule has 0 amide bonds. The Kier molecular flexibility index (Phi) is 6.25. The molecule has 0 aliphatic heterocycles. The van der Waals surface area contributed by atoms with Crippen molar-refractivity contribution in [2.24, 2.45) is 0 Å². The minimum atomic E-state index is 1.22. The fourth-order valence-corrected chi connectivity index (χ4v) is 7.50. The first kappa shape index (κ1) is 26.4. The summed E-state index contributed by atoms with van der Waals surface area (Å²) in [5.74, 6) is 0. The molecule has 0 saturated carbocycles. The third-order valence-corrected chi connectivity index (χ3v) is 9.47. The second kappa shape index (κ2) is 10.9. The summed E-state index contributed by atoms with van der Waals surface area (Å²) in [7, 11) is 0. The van der Waals surface area contributed by atoms with Gasteiger partial charge in [-0.1, -0.05) is 182 Å². The van der Waals surface area contributed by atoms with Crippen molar-refractivity contribution >= 4 is 43.1 Å². The third-order valence-electron chi connectivity index (χ3n) is 9.47. The second-order valence-electron chi connectivity index (χ2n) is 12.0. The smallest absolute Gasteiger partial charge is 0.00139 e. The van der Waals surface area contributed by atoms with E-state index in [1.165, 1.54) is 87.6 Å². The molecule has 46 heavy (non-hydrogen) atoms. The highest BCUT2D eigenvalue weighted by Crippen LogP contribution is 2.50. The summed E-state index contributed by atoms with van der Waals surface area (Å²) in [6.45, 7) is 0. The van der Waals surface area contributed by atoms with E-state index in [0.717, 1.165) is 0 Å². The van der Waals surface area contributed by atoms with Crippen LogP contribution in [0.3, 0.4) is 0 Å². The number of rotatable bonds is 4. The van der Waals surface area contributed by atoms with Gasteiger partial charge in [-0.15, -0.1) is 0 Å². The molecule has 0 nitrogen and oxygen atoms in total.